The molecule has 0 heterocycles. The molecule has 0 bridgehead atoms. The van der Waals surface area contributed by atoms with Gasteiger partial charge in [-0.2, -0.15) is 0 Å². The van der Waals surface area contributed by atoms with Crippen LogP contribution in [0.15, 0.2) is 140 Å². The van der Waals surface area contributed by atoms with Crippen molar-refractivity contribution in [2.75, 3.05) is 0 Å². The third kappa shape index (κ3) is 4.27. The van der Waals surface area contributed by atoms with Crippen molar-refractivity contribution in [3.05, 3.63) is 145 Å². The molecule has 0 N–H and O–H groups in total. The monoisotopic (exact) mass is 446 g/mol. The summed E-state index contributed by atoms with van der Waals surface area (Å²) >= 11 is 0. The van der Waals surface area contributed by atoms with Gasteiger partial charge in [0.2, 0.25) is 0 Å². The summed E-state index contributed by atoms with van der Waals surface area (Å²) in [5.41, 5.74) is 11.3. The molecule has 0 saturated heterocycles. The highest BCUT2D eigenvalue weighted by Gasteiger charge is 2.07. The van der Waals surface area contributed by atoms with Crippen molar-refractivity contribution < 1.29 is 0 Å². The van der Waals surface area contributed by atoms with Gasteiger partial charge in [-0.1, -0.05) is 133 Å². The molecule has 0 fully saturated rings. The van der Waals surface area contributed by atoms with Gasteiger partial charge in [0, 0.05) is 0 Å². The lowest BCUT2D eigenvalue weighted by atomic mass is 9.94. The first kappa shape index (κ1) is 21.1. The van der Waals surface area contributed by atoms with Gasteiger partial charge in [0.15, 0.2) is 0 Å². The maximum Gasteiger partial charge on any atom is -0.0105 e. The number of hydrogen-bond acceptors (Lipinski definition) is 0. The van der Waals surface area contributed by atoms with E-state index in [9.17, 15) is 0 Å². The van der Waals surface area contributed by atoms with Crippen LogP contribution in [0.2, 0.25) is 0 Å². The largest absolute Gasteiger partial charge is 0.0622 e. The first-order valence-electron chi connectivity index (χ1n) is 12.1. The van der Waals surface area contributed by atoms with Gasteiger partial charge in [-0.05, 0) is 73.8 Å². The Morgan fingerprint density at radius 2 is 0.829 bits per heavy atom. The number of hydrogen-bond donors (Lipinski definition) is 0. The summed E-state index contributed by atoms with van der Waals surface area (Å²) in [7, 11) is 0. The van der Waals surface area contributed by atoms with E-state index in [-0.39, 0.29) is 0 Å². The van der Waals surface area contributed by atoms with E-state index in [2.05, 4.69) is 146 Å². The second-order valence-corrected chi connectivity index (χ2v) is 9.14. The van der Waals surface area contributed by atoms with Gasteiger partial charge in [-0.15, -0.1) is 0 Å². The Labute approximate surface area is 207 Å². The predicted octanol–water partition coefficient (Wildman–Crippen LogP) is 9.82. The molecular formula is C35H26. The Morgan fingerprint density at radius 1 is 0.343 bits per heavy atom. The third-order valence-electron chi connectivity index (χ3n) is 6.72. The molecule has 0 spiro atoms. The van der Waals surface area contributed by atoms with Gasteiger partial charge < -0.3 is 0 Å². The summed E-state index contributed by atoms with van der Waals surface area (Å²) in [5.74, 6) is 0. The smallest absolute Gasteiger partial charge is 0.0105 e. The minimum Gasteiger partial charge on any atom is -0.0622 e. The number of rotatable bonds is 4. The van der Waals surface area contributed by atoms with E-state index in [1.54, 1.807) is 0 Å². The van der Waals surface area contributed by atoms with Crippen LogP contribution in [-0.4, -0.2) is 0 Å². The highest BCUT2D eigenvalue weighted by molar-refractivity contribution is 5.96. The van der Waals surface area contributed by atoms with E-state index in [0.29, 0.717) is 0 Å². The quantitative estimate of drug-likeness (QED) is 0.253. The molecule has 0 saturated carbocycles. The average molecular weight is 447 g/mol. The second-order valence-electron chi connectivity index (χ2n) is 9.14. The molecule has 0 amide bonds. The molecule has 0 unspecified atom stereocenters. The van der Waals surface area contributed by atoms with Crippen molar-refractivity contribution >= 4 is 10.8 Å². The molecule has 0 nitrogen and oxygen atoms in total. The van der Waals surface area contributed by atoms with Crippen LogP contribution in [0.3, 0.4) is 0 Å². The summed E-state index contributed by atoms with van der Waals surface area (Å²) in [4.78, 5) is 0. The Bertz CT molecular complexity index is 1600. The molecule has 0 aromatic heterocycles. The summed E-state index contributed by atoms with van der Waals surface area (Å²) in [6, 6.07) is 50.3. The minimum absolute atomic E-state index is 1.23. The van der Waals surface area contributed by atoms with Crippen LogP contribution in [0.5, 0.6) is 0 Å². The summed E-state index contributed by atoms with van der Waals surface area (Å²) < 4.78 is 0. The molecule has 0 aliphatic heterocycles. The normalized spacial score (nSPS) is 11.0. The Balaban J connectivity index is 1.29. The molecule has 35 heavy (non-hydrogen) atoms. The van der Waals surface area contributed by atoms with Crippen molar-refractivity contribution in [2.45, 2.75) is 6.92 Å². The van der Waals surface area contributed by atoms with Crippen LogP contribution in [0.4, 0.5) is 0 Å². The SMILES string of the molecule is Cc1cc(-c2ccccc2)cc(-c2ccc(-c3ccc(-c4cccc5ccccc45)cc3)cc2)c1. The second kappa shape index (κ2) is 9.08. The fourth-order valence-electron chi connectivity index (χ4n) is 4.92. The predicted molar refractivity (Wildman–Crippen MR) is 150 cm³/mol. The Hall–Kier alpha value is -4.42. The summed E-state index contributed by atoms with van der Waals surface area (Å²) in [6.07, 6.45) is 0. The van der Waals surface area contributed by atoms with E-state index < -0.39 is 0 Å². The van der Waals surface area contributed by atoms with E-state index >= 15 is 0 Å². The number of benzene rings is 6. The Morgan fingerprint density at radius 3 is 1.49 bits per heavy atom. The van der Waals surface area contributed by atoms with Crippen molar-refractivity contribution in [2.24, 2.45) is 0 Å². The zero-order chi connectivity index (χ0) is 23.6. The fraction of sp³-hybridized carbons (Fsp3) is 0.0286. The lowest BCUT2D eigenvalue weighted by molar-refractivity contribution is 1.46. The molecular weight excluding hydrogens is 420 g/mol. The van der Waals surface area contributed by atoms with E-state index in [0.717, 1.165) is 0 Å². The van der Waals surface area contributed by atoms with Crippen molar-refractivity contribution in [3.8, 4) is 44.5 Å². The van der Waals surface area contributed by atoms with Crippen molar-refractivity contribution in [1.29, 1.82) is 0 Å². The maximum absolute atomic E-state index is 2.29. The van der Waals surface area contributed by atoms with Crippen LogP contribution in [0.25, 0.3) is 55.3 Å². The zero-order valence-electron chi connectivity index (χ0n) is 19.8. The van der Waals surface area contributed by atoms with Crippen LogP contribution in [0, 0.1) is 6.92 Å². The van der Waals surface area contributed by atoms with Crippen molar-refractivity contribution in [3.63, 3.8) is 0 Å². The van der Waals surface area contributed by atoms with Crippen LogP contribution in [0.1, 0.15) is 5.56 Å². The van der Waals surface area contributed by atoms with Gasteiger partial charge in [0.1, 0.15) is 0 Å². The molecule has 0 atom stereocenters. The molecule has 0 heteroatoms. The minimum atomic E-state index is 1.23. The van der Waals surface area contributed by atoms with Crippen LogP contribution in [-0.2, 0) is 0 Å². The topological polar surface area (TPSA) is 0 Å². The number of fused-ring (bicyclic) bond motifs is 1. The molecule has 6 aromatic rings. The Kier molecular flexibility index (Phi) is 5.48. The first-order chi connectivity index (χ1) is 17.2. The zero-order valence-corrected chi connectivity index (χ0v) is 19.8. The molecule has 0 aliphatic rings. The summed E-state index contributed by atoms with van der Waals surface area (Å²) in [6.45, 7) is 2.17. The highest BCUT2D eigenvalue weighted by Crippen LogP contribution is 2.32. The lowest BCUT2D eigenvalue weighted by Crippen LogP contribution is -1.85. The lowest BCUT2D eigenvalue weighted by Gasteiger charge is -2.10. The van der Waals surface area contributed by atoms with E-state index in [1.165, 1.54) is 60.8 Å². The standard InChI is InChI=1S/C35H26/c1-25-22-32(26-8-3-2-4-9-26)24-33(23-25)29-16-14-27(15-17-29)28-18-20-31(21-19-28)35-13-7-11-30-10-5-6-12-34(30)35/h2-24H,1H3. The van der Waals surface area contributed by atoms with Crippen molar-refractivity contribution in [1.82, 2.24) is 0 Å². The molecule has 6 rings (SSSR count). The van der Waals surface area contributed by atoms with Crippen LogP contribution >= 0.6 is 0 Å². The average Bonchev–Trinajstić information content (AvgIpc) is 2.93. The highest BCUT2D eigenvalue weighted by atomic mass is 14.1. The van der Waals surface area contributed by atoms with Gasteiger partial charge in [0.05, 0.1) is 0 Å². The third-order valence-corrected chi connectivity index (χ3v) is 6.72. The van der Waals surface area contributed by atoms with Gasteiger partial charge in [-0.25, -0.2) is 0 Å². The van der Waals surface area contributed by atoms with Gasteiger partial charge >= 0.3 is 0 Å². The maximum atomic E-state index is 2.29. The summed E-state index contributed by atoms with van der Waals surface area (Å²) in [5, 5.41) is 2.57. The van der Waals surface area contributed by atoms with E-state index in [4.69, 9.17) is 0 Å². The molecule has 0 radical (unpaired) electrons. The first-order valence-corrected chi connectivity index (χ1v) is 12.1. The van der Waals surface area contributed by atoms with Gasteiger partial charge in [0.25, 0.3) is 0 Å². The molecule has 0 aliphatic carbocycles. The fourth-order valence-corrected chi connectivity index (χ4v) is 4.92. The van der Waals surface area contributed by atoms with E-state index in [1.807, 2.05) is 0 Å². The van der Waals surface area contributed by atoms with Crippen LogP contribution < -0.4 is 0 Å². The molecule has 6 aromatic carbocycles. The van der Waals surface area contributed by atoms with Gasteiger partial charge in [-0.3, -0.25) is 0 Å². The number of aryl methyl sites for hydroxylation is 1. The molecule has 166 valence electrons.